The van der Waals surface area contributed by atoms with Crippen LogP contribution in [0.1, 0.15) is 40.5 Å². The number of hydrogen-bond donors (Lipinski definition) is 2. The van der Waals surface area contributed by atoms with E-state index in [1.807, 2.05) is 20.8 Å². The molecule has 0 radical (unpaired) electrons. The van der Waals surface area contributed by atoms with Crippen LogP contribution in [0.3, 0.4) is 0 Å². The van der Waals surface area contributed by atoms with E-state index in [0.29, 0.717) is 30.9 Å². The molecule has 1 aromatic rings. The number of amides is 2. The average Bonchev–Trinajstić information content (AvgIpc) is 2.54. The van der Waals surface area contributed by atoms with Gasteiger partial charge in [0, 0.05) is 24.8 Å². The van der Waals surface area contributed by atoms with E-state index in [9.17, 15) is 9.59 Å². The zero-order chi connectivity index (χ0) is 18.2. The van der Waals surface area contributed by atoms with Gasteiger partial charge in [-0.05, 0) is 39.3 Å². The summed E-state index contributed by atoms with van der Waals surface area (Å²) in [6, 6.07) is 6.97. The summed E-state index contributed by atoms with van der Waals surface area (Å²) in [7, 11) is 0. The van der Waals surface area contributed by atoms with E-state index in [1.54, 1.807) is 36.1 Å². The maximum atomic E-state index is 12.2. The largest absolute Gasteiger partial charge is 0.484 e. The molecule has 0 fully saturated rings. The lowest BCUT2D eigenvalue weighted by molar-refractivity contribution is -0.133. The minimum absolute atomic E-state index is 0. The lowest BCUT2D eigenvalue weighted by Gasteiger charge is -2.23. The number of carbonyl (C=O) groups is 2. The SMILES string of the molecule is CCCC(C)(N)C(=O)Nc1cccc(OCC(=O)N(CC)CC)c1.Cl. The summed E-state index contributed by atoms with van der Waals surface area (Å²) in [6.07, 6.45) is 1.43. The molecule has 25 heavy (non-hydrogen) atoms. The molecular weight excluding hydrogens is 342 g/mol. The van der Waals surface area contributed by atoms with Crippen molar-refractivity contribution in [1.29, 1.82) is 0 Å². The second-order valence-electron chi connectivity index (χ2n) is 6.00. The maximum absolute atomic E-state index is 12.2. The average molecular weight is 372 g/mol. The molecule has 3 N–H and O–H groups in total. The molecule has 142 valence electrons. The fourth-order valence-electron chi connectivity index (χ4n) is 2.38. The van der Waals surface area contributed by atoms with Crippen molar-refractivity contribution in [3.8, 4) is 5.75 Å². The highest BCUT2D eigenvalue weighted by molar-refractivity contribution is 5.97. The Morgan fingerprint density at radius 3 is 2.44 bits per heavy atom. The first-order valence-electron chi connectivity index (χ1n) is 8.45. The van der Waals surface area contributed by atoms with E-state index in [0.717, 1.165) is 6.42 Å². The van der Waals surface area contributed by atoms with Gasteiger partial charge in [-0.2, -0.15) is 0 Å². The highest BCUT2D eigenvalue weighted by atomic mass is 35.5. The molecule has 0 saturated carbocycles. The standard InChI is InChI=1S/C18H29N3O3.ClH/c1-5-11-18(4,19)17(23)20-14-9-8-10-15(12-14)24-13-16(22)21(6-2)7-3;/h8-10,12H,5-7,11,13,19H2,1-4H3,(H,20,23);1H. The van der Waals surface area contributed by atoms with Gasteiger partial charge in [-0.3, -0.25) is 9.59 Å². The van der Waals surface area contributed by atoms with Crippen molar-refractivity contribution >= 4 is 29.9 Å². The summed E-state index contributed by atoms with van der Waals surface area (Å²) in [5.41, 5.74) is 5.71. The van der Waals surface area contributed by atoms with E-state index in [4.69, 9.17) is 10.5 Å². The molecule has 0 aromatic heterocycles. The van der Waals surface area contributed by atoms with Crippen LogP contribution in [0.15, 0.2) is 24.3 Å². The van der Waals surface area contributed by atoms with Gasteiger partial charge in [-0.25, -0.2) is 0 Å². The number of nitrogens with two attached hydrogens (primary N) is 1. The lowest BCUT2D eigenvalue weighted by atomic mass is 9.96. The van der Waals surface area contributed by atoms with Gasteiger partial charge in [-0.15, -0.1) is 12.4 Å². The highest BCUT2D eigenvalue weighted by Crippen LogP contribution is 2.19. The molecule has 0 bridgehead atoms. The number of carbonyl (C=O) groups excluding carboxylic acids is 2. The normalized spacial score (nSPS) is 12.5. The van der Waals surface area contributed by atoms with E-state index in [-0.39, 0.29) is 30.8 Å². The zero-order valence-electron chi connectivity index (χ0n) is 15.5. The summed E-state index contributed by atoms with van der Waals surface area (Å²) in [4.78, 5) is 25.9. The van der Waals surface area contributed by atoms with Crippen molar-refractivity contribution < 1.29 is 14.3 Å². The van der Waals surface area contributed by atoms with Gasteiger partial charge in [0.1, 0.15) is 5.75 Å². The molecule has 1 unspecified atom stereocenters. The fourth-order valence-corrected chi connectivity index (χ4v) is 2.38. The predicted molar refractivity (Wildman–Crippen MR) is 103 cm³/mol. The molecule has 0 aliphatic carbocycles. The molecule has 1 aromatic carbocycles. The van der Waals surface area contributed by atoms with Crippen molar-refractivity contribution in [2.45, 2.75) is 46.1 Å². The van der Waals surface area contributed by atoms with E-state index < -0.39 is 5.54 Å². The van der Waals surface area contributed by atoms with Crippen LogP contribution in [0.25, 0.3) is 0 Å². The zero-order valence-corrected chi connectivity index (χ0v) is 16.3. The molecule has 1 atom stereocenters. The molecule has 1 rings (SSSR count). The number of nitrogens with one attached hydrogen (secondary N) is 1. The minimum Gasteiger partial charge on any atom is -0.484 e. The van der Waals surface area contributed by atoms with Crippen molar-refractivity contribution in [3.63, 3.8) is 0 Å². The number of nitrogens with zero attached hydrogens (tertiary/aromatic N) is 1. The summed E-state index contributed by atoms with van der Waals surface area (Å²) < 4.78 is 5.53. The summed E-state index contributed by atoms with van der Waals surface area (Å²) in [6.45, 7) is 8.84. The number of ether oxygens (including phenoxy) is 1. The van der Waals surface area contributed by atoms with Gasteiger partial charge in [0.2, 0.25) is 5.91 Å². The molecular formula is C18H30ClN3O3. The Kier molecular flexibility index (Phi) is 10.2. The van der Waals surface area contributed by atoms with Gasteiger partial charge in [0.05, 0.1) is 5.54 Å². The van der Waals surface area contributed by atoms with Gasteiger partial charge in [0.15, 0.2) is 6.61 Å². The topological polar surface area (TPSA) is 84.7 Å². The molecule has 0 aliphatic rings. The van der Waals surface area contributed by atoms with Crippen molar-refractivity contribution in [2.75, 3.05) is 25.0 Å². The Labute approximate surface area is 156 Å². The Morgan fingerprint density at radius 2 is 1.88 bits per heavy atom. The van der Waals surface area contributed by atoms with Crippen molar-refractivity contribution in [1.82, 2.24) is 4.90 Å². The van der Waals surface area contributed by atoms with Crippen LogP contribution in [0.5, 0.6) is 5.75 Å². The number of hydrogen-bond acceptors (Lipinski definition) is 4. The monoisotopic (exact) mass is 371 g/mol. The van der Waals surface area contributed by atoms with Crippen LogP contribution in [-0.4, -0.2) is 41.9 Å². The first-order valence-corrected chi connectivity index (χ1v) is 8.45. The van der Waals surface area contributed by atoms with Crippen LogP contribution < -0.4 is 15.8 Å². The molecule has 7 heteroatoms. The number of anilines is 1. The first-order chi connectivity index (χ1) is 11.3. The molecule has 6 nitrogen and oxygen atoms in total. The lowest BCUT2D eigenvalue weighted by Crippen LogP contribution is -2.48. The smallest absolute Gasteiger partial charge is 0.260 e. The second-order valence-corrected chi connectivity index (χ2v) is 6.00. The summed E-state index contributed by atoms with van der Waals surface area (Å²) >= 11 is 0. The maximum Gasteiger partial charge on any atom is 0.260 e. The van der Waals surface area contributed by atoms with Crippen LogP contribution >= 0.6 is 12.4 Å². The number of benzene rings is 1. The summed E-state index contributed by atoms with van der Waals surface area (Å²) in [5, 5.41) is 2.80. The molecule has 2 amide bonds. The number of halogens is 1. The second kappa shape index (κ2) is 10.9. The van der Waals surface area contributed by atoms with Gasteiger partial charge < -0.3 is 20.7 Å². The Bertz CT molecular complexity index is 560. The fraction of sp³-hybridized carbons (Fsp3) is 0.556. The molecule has 0 aliphatic heterocycles. The number of rotatable bonds is 9. The molecule has 0 heterocycles. The van der Waals surface area contributed by atoms with Crippen LogP contribution in [0, 0.1) is 0 Å². The van der Waals surface area contributed by atoms with E-state index in [2.05, 4.69) is 5.32 Å². The Morgan fingerprint density at radius 1 is 1.24 bits per heavy atom. The van der Waals surface area contributed by atoms with Crippen LogP contribution in [-0.2, 0) is 9.59 Å². The van der Waals surface area contributed by atoms with Crippen molar-refractivity contribution in [2.24, 2.45) is 5.73 Å². The van der Waals surface area contributed by atoms with Crippen LogP contribution in [0.4, 0.5) is 5.69 Å². The van der Waals surface area contributed by atoms with Crippen LogP contribution in [0.2, 0.25) is 0 Å². The minimum atomic E-state index is -0.912. The Hall–Kier alpha value is -1.79. The van der Waals surface area contributed by atoms with Gasteiger partial charge >= 0.3 is 0 Å². The van der Waals surface area contributed by atoms with Crippen molar-refractivity contribution in [3.05, 3.63) is 24.3 Å². The highest BCUT2D eigenvalue weighted by Gasteiger charge is 2.27. The van der Waals surface area contributed by atoms with E-state index >= 15 is 0 Å². The third-order valence-electron chi connectivity index (χ3n) is 3.86. The number of likely N-dealkylation sites (N-methyl/N-ethyl adjacent to an activating group) is 1. The van der Waals surface area contributed by atoms with E-state index in [1.165, 1.54) is 0 Å². The molecule has 0 spiro atoms. The van der Waals surface area contributed by atoms with Gasteiger partial charge in [-0.1, -0.05) is 19.4 Å². The molecule has 0 saturated heterocycles. The third-order valence-corrected chi connectivity index (χ3v) is 3.86. The third kappa shape index (κ3) is 7.32. The Balaban J connectivity index is 0.00000576. The quantitative estimate of drug-likeness (QED) is 0.699. The first kappa shape index (κ1) is 23.2. The summed E-state index contributed by atoms with van der Waals surface area (Å²) in [5.74, 6) is 0.232. The predicted octanol–water partition coefficient (Wildman–Crippen LogP) is 2.81. The van der Waals surface area contributed by atoms with Gasteiger partial charge in [0.25, 0.3) is 5.91 Å².